The molecular formula is C16H25N. The summed E-state index contributed by atoms with van der Waals surface area (Å²) in [5.74, 6) is 0. The molecule has 1 aromatic rings. The van der Waals surface area contributed by atoms with E-state index < -0.39 is 0 Å². The molecule has 17 heavy (non-hydrogen) atoms. The Kier molecular flexibility index (Phi) is 5.41. The predicted octanol–water partition coefficient (Wildman–Crippen LogP) is 4.63. The lowest BCUT2D eigenvalue weighted by Crippen LogP contribution is -2.25. The Bertz CT molecular complexity index is 282. The van der Waals surface area contributed by atoms with Crippen LogP contribution in [0.4, 0.5) is 5.69 Å². The third kappa shape index (κ3) is 4.41. The quantitative estimate of drug-likeness (QED) is 0.681. The normalized spacial score (nSPS) is 19.6. The topological polar surface area (TPSA) is 3.24 Å². The molecule has 1 aliphatic heterocycles. The first-order chi connectivity index (χ1) is 8.47. The van der Waals surface area contributed by atoms with Gasteiger partial charge in [0.25, 0.3) is 0 Å². The molecule has 94 valence electrons. The van der Waals surface area contributed by atoms with Gasteiger partial charge in [-0.2, -0.15) is 0 Å². The van der Waals surface area contributed by atoms with Crippen LogP contribution in [0, 0.1) is 0 Å². The molecule has 0 bridgehead atoms. The van der Waals surface area contributed by atoms with Crippen LogP contribution in [0.15, 0.2) is 30.3 Å². The van der Waals surface area contributed by atoms with Crippen LogP contribution in [0.2, 0.25) is 0 Å². The van der Waals surface area contributed by atoms with Crippen LogP contribution in [0.25, 0.3) is 0 Å². The first-order valence-corrected chi connectivity index (χ1v) is 7.27. The Morgan fingerprint density at radius 2 is 1.06 bits per heavy atom. The van der Waals surface area contributed by atoms with Gasteiger partial charge in [-0.05, 0) is 25.0 Å². The van der Waals surface area contributed by atoms with E-state index in [1.807, 2.05) is 0 Å². The molecule has 1 saturated heterocycles. The molecule has 1 aliphatic rings. The lowest BCUT2D eigenvalue weighted by molar-refractivity contribution is 0.591. The molecule has 0 aliphatic carbocycles. The van der Waals surface area contributed by atoms with Crippen LogP contribution in [0.5, 0.6) is 0 Å². The first kappa shape index (κ1) is 12.5. The Labute approximate surface area is 106 Å². The van der Waals surface area contributed by atoms with Gasteiger partial charge in [0.05, 0.1) is 0 Å². The highest BCUT2D eigenvalue weighted by Crippen LogP contribution is 2.18. The molecule has 0 aromatic heterocycles. The number of para-hydroxylation sites is 1. The van der Waals surface area contributed by atoms with Gasteiger partial charge in [-0.15, -0.1) is 0 Å². The molecule has 0 unspecified atom stereocenters. The summed E-state index contributed by atoms with van der Waals surface area (Å²) in [6.07, 6.45) is 11.3. The minimum absolute atomic E-state index is 1.24. The zero-order chi connectivity index (χ0) is 11.8. The SMILES string of the molecule is c1ccc(N2CCCCCCCCCC2)cc1. The highest BCUT2D eigenvalue weighted by molar-refractivity contribution is 5.45. The van der Waals surface area contributed by atoms with E-state index in [4.69, 9.17) is 0 Å². The van der Waals surface area contributed by atoms with Crippen LogP contribution in [-0.2, 0) is 0 Å². The predicted molar refractivity (Wildman–Crippen MR) is 75.6 cm³/mol. The van der Waals surface area contributed by atoms with Crippen molar-refractivity contribution in [3.63, 3.8) is 0 Å². The molecule has 0 amide bonds. The smallest absolute Gasteiger partial charge is 0.0366 e. The third-order valence-electron chi connectivity index (χ3n) is 3.73. The standard InChI is InChI=1S/C16H25N/c1-2-4-6-11-15-17(14-10-5-3-1)16-12-8-7-9-13-16/h7-9,12-13H,1-6,10-11,14-15H2. The van der Waals surface area contributed by atoms with Crippen molar-refractivity contribution in [1.29, 1.82) is 0 Å². The molecule has 0 radical (unpaired) electrons. The summed E-state index contributed by atoms with van der Waals surface area (Å²) in [5.41, 5.74) is 1.41. The summed E-state index contributed by atoms with van der Waals surface area (Å²) in [4.78, 5) is 2.57. The van der Waals surface area contributed by atoms with Gasteiger partial charge in [0, 0.05) is 18.8 Å². The van der Waals surface area contributed by atoms with Gasteiger partial charge in [0.1, 0.15) is 0 Å². The van der Waals surface area contributed by atoms with Gasteiger partial charge < -0.3 is 4.90 Å². The lowest BCUT2D eigenvalue weighted by atomic mass is 10.1. The third-order valence-corrected chi connectivity index (χ3v) is 3.73. The molecular weight excluding hydrogens is 206 g/mol. The zero-order valence-corrected chi connectivity index (χ0v) is 10.9. The fraction of sp³-hybridized carbons (Fsp3) is 0.625. The first-order valence-electron chi connectivity index (χ1n) is 7.27. The van der Waals surface area contributed by atoms with Crippen LogP contribution < -0.4 is 4.90 Å². The van der Waals surface area contributed by atoms with Gasteiger partial charge in [0.15, 0.2) is 0 Å². The average molecular weight is 231 g/mol. The van der Waals surface area contributed by atoms with E-state index in [0.29, 0.717) is 0 Å². The molecule has 0 N–H and O–H groups in total. The van der Waals surface area contributed by atoms with E-state index in [2.05, 4.69) is 35.2 Å². The maximum absolute atomic E-state index is 2.57. The van der Waals surface area contributed by atoms with E-state index in [1.54, 1.807) is 0 Å². The largest absolute Gasteiger partial charge is 0.372 e. The van der Waals surface area contributed by atoms with Crippen molar-refractivity contribution in [2.45, 2.75) is 51.4 Å². The van der Waals surface area contributed by atoms with E-state index in [0.717, 1.165) is 0 Å². The highest BCUT2D eigenvalue weighted by Gasteiger charge is 2.06. The molecule has 0 saturated carbocycles. The molecule has 1 aromatic carbocycles. The van der Waals surface area contributed by atoms with Gasteiger partial charge >= 0.3 is 0 Å². The molecule has 1 nitrogen and oxygen atoms in total. The molecule has 1 heteroatoms. The van der Waals surface area contributed by atoms with Crippen LogP contribution in [0.1, 0.15) is 51.4 Å². The summed E-state index contributed by atoms with van der Waals surface area (Å²) in [6, 6.07) is 10.9. The number of hydrogen-bond donors (Lipinski definition) is 0. The fourth-order valence-electron chi connectivity index (χ4n) is 2.67. The summed E-state index contributed by atoms with van der Waals surface area (Å²) in [6.45, 7) is 2.48. The molecule has 1 heterocycles. The van der Waals surface area contributed by atoms with Crippen molar-refractivity contribution >= 4 is 5.69 Å². The van der Waals surface area contributed by atoms with Crippen molar-refractivity contribution in [3.05, 3.63) is 30.3 Å². The minimum Gasteiger partial charge on any atom is -0.372 e. The second-order valence-electron chi connectivity index (χ2n) is 5.15. The summed E-state index contributed by atoms with van der Waals surface area (Å²) in [7, 11) is 0. The Hall–Kier alpha value is -0.980. The number of anilines is 1. The second-order valence-corrected chi connectivity index (χ2v) is 5.15. The van der Waals surface area contributed by atoms with Crippen molar-refractivity contribution in [3.8, 4) is 0 Å². The monoisotopic (exact) mass is 231 g/mol. The lowest BCUT2D eigenvalue weighted by Gasteiger charge is -2.24. The minimum atomic E-state index is 1.24. The molecule has 1 fully saturated rings. The van der Waals surface area contributed by atoms with E-state index in [9.17, 15) is 0 Å². The van der Waals surface area contributed by atoms with Crippen molar-refractivity contribution in [2.75, 3.05) is 18.0 Å². The number of hydrogen-bond acceptors (Lipinski definition) is 1. The molecule has 2 rings (SSSR count). The van der Waals surface area contributed by atoms with E-state index >= 15 is 0 Å². The fourth-order valence-corrected chi connectivity index (χ4v) is 2.67. The summed E-state index contributed by atoms with van der Waals surface area (Å²) in [5, 5.41) is 0. The van der Waals surface area contributed by atoms with Crippen molar-refractivity contribution in [2.24, 2.45) is 0 Å². The van der Waals surface area contributed by atoms with Crippen LogP contribution in [-0.4, -0.2) is 13.1 Å². The van der Waals surface area contributed by atoms with Gasteiger partial charge in [-0.1, -0.05) is 56.7 Å². The number of benzene rings is 1. The van der Waals surface area contributed by atoms with Gasteiger partial charge in [0.2, 0.25) is 0 Å². The van der Waals surface area contributed by atoms with Crippen LogP contribution >= 0.6 is 0 Å². The average Bonchev–Trinajstić information content (AvgIpc) is 2.45. The summed E-state index contributed by atoms with van der Waals surface area (Å²) < 4.78 is 0. The van der Waals surface area contributed by atoms with Crippen molar-refractivity contribution in [1.82, 2.24) is 0 Å². The van der Waals surface area contributed by atoms with Gasteiger partial charge in [-0.3, -0.25) is 0 Å². The Morgan fingerprint density at radius 1 is 0.588 bits per heavy atom. The molecule has 0 spiro atoms. The van der Waals surface area contributed by atoms with Crippen molar-refractivity contribution < 1.29 is 0 Å². The Balaban J connectivity index is 1.93. The maximum atomic E-state index is 2.57. The Morgan fingerprint density at radius 3 is 1.59 bits per heavy atom. The van der Waals surface area contributed by atoms with E-state index in [1.165, 1.54) is 70.1 Å². The van der Waals surface area contributed by atoms with E-state index in [-0.39, 0.29) is 0 Å². The maximum Gasteiger partial charge on any atom is 0.0366 e. The van der Waals surface area contributed by atoms with Gasteiger partial charge in [-0.25, -0.2) is 0 Å². The highest BCUT2D eigenvalue weighted by atomic mass is 15.1. The van der Waals surface area contributed by atoms with Crippen LogP contribution in [0.3, 0.4) is 0 Å². The zero-order valence-electron chi connectivity index (χ0n) is 10.9. The molecule has 0 atom stereocenters. The number of nitrogens with zero attached hydrogens (tertiary/aromatic N) is 1. The number of rotatable bonds is 1. The summed E-state index contributed by atoms with van der Waals surface area (Å²) >= 11 is 0. The second kappa shape index (κ2) is 7.37.